The summed E-state index contributed by atoms with van der Waals surface area (Å²) < 4.78 is 0. The van der Waals surface area contributed by atoms with Crippen LogP contribution in [0, 0.1) is 11.8 Å². The van der Waals surface area contributed by atoms with Crippen molar-refractivity contribution in [1.82, 2.24) is 0 Å². The van der Waals surface area contributed by atoms with Crippen LogP contribution >= 0.6 is 0 Å². The van der Waals surface area contributed by atoms with Crippen molar-refractivity contribution in [3.8, 4) is 0 Å². The Balaban J connectivity index is 1.65. The highest BCUT2D eigenvalue weighted by Gasteiger charge is 2.23. The smallest absolute Gasteiger partial charge is 0.00504 e. The molecular formula is C18H18. The van der Waals surface area contributed by atoms with Crippen molar-refractivity contribution < 1.29 is 0 Å². The van der Waals surface area contributed by atoms with Crippen LogP contribution in [0.4, 0.5) is 0 Å². The molecule has 1 aliphatic carbocycles. The van der Waals surface area contributed by atoms with Crippen molar-refractivity contribution in [2.24, 2.45) is 0 Å². The molecule has 18 heavy (non-hydrogen) atoms. The minimum atomic E-state index is 1.22. The van der Waals surface area contributed by atoms with Gasteiger partial charge in [0.25, 0.3) is 0 Å². The van der Waals surface area contributed by atoms with Gasteiger partial charge in [-0.1, -0.05) is 60.7 Å². The first-order chi connectivity index (χ1) is 8.93. The summed E-state index contributed by atoms with van der Waals surface area (Å²) in [7, 11) is 0. The second-order valence-electron chi connectivity index (χ2n) is 4.94. The summed E-state index contributed by atoms with van der Waals surface area (Å²) in [4.78, 5) is 0. The molecule has 0 aromatic heterocycles. The molecule has 2 aromatic rings. The van der Waals surface area contributed by atoms with Gasteiger partial charge in [0.15, 0.2) is 0 Å². The Kier molecular flexibility index (Phi) is 3.45. The van der Waals surface area contributed by atoms with E-state index in [1.807, 2.05) is 0 Å². The van der Waals surface area contributed by atoms with E-state index >= 15 is 0 Å². The maximum Gasteiger partial charge on any atom is 0.00504 e. The lowest BCUT2D eigenvalue weighted by Gasteiger charge is -2.28. The van der Waals surface area contributed by atoms with E-state index in [4.69, 9.17) is 0 Å². The Morgan fingerprint density at radius 2 is 0.778 bits per heavy atom. The Labute approximate surface area is 110 Å². The highest BCUT2D eigenvalue weighted by molar-refractivity contribution is 5.37. The highest BCUT2D eigenvalue weighted by Crippen LogP contribution is 2.38. The third-order valence-corrected chi connectivity index (χ3v) is 3.82. The molecule has 3 rings (SSSR count). The van der Waals surface area contributed by atoms with Gasteiger partial charge in [0.2, 0.25) is 0 Å². The molecule has 0 saturated heterocycles. The SMILES string of the molecule is c1ccc([C]2CC[C](c3ccccc3)CC2)cc1. The fourth-order valence-electron chi connectivity index (χ4n) is 2.78. The Morgan fingerprint density at radius 1 is 0.444 bits per heavy atom. The fourth-order valence-corrected chi connectivity index (χ4v) is 2.78. The van der Waals surface area contributed by atoms with Crippen LogP contribution in [0.25, 0.3) is 0 Å². The van der Waals surface area contributed by atoms with Crippen LogP contribution in [0.2, 0.25) is 0 Å². The van der Waals surface area contributed by atoms with E-state index < -0.39 is 0 Å². The first-order valence-corrected chi connectivity index (χ1v) is 6.74. The van der Waals surface area contributed by atoms with Gasteiger partial charge >= 0.3 is 0 Å². The van der Waals surface area contributed by atoms with Crippen LogP contribution in [-0.4, -0.2) is 0 Å². The number of rotatable bonds is 2. The van der Waals surface area contributed by atoms with E-state index in [1.165, 1.54) is 36.8 Å². The zero-order valence-corrected chi connectivity index (χ0v) is 10.6. The zero-order valence-electron chi connectivity index (χ0n) is 10.6. The molecule has 0 heterocycles. The Hall–Kier alpha value is -1.56. The predicted molar refractivity (Wildman–Crippen MR) is 76.0 cm³/mol. The van der Waals surface area contributed by atoms with Gasteiger partial charge in [-0.3, -0.25) is 0 Å². The molecule has 0 unspecified atom stereocenters. The largest absolute Gasteiger partial charge is 0.0622 e. The minimum absolute atomic E-state index is 1.22. The van der Waals surface area contributed by atoms with Crippen molar-refractivity contribution >= 4 is 0 Å². The lowest BCUT2D eigenvalue weighted by molar-refractivity contribution is 0.603. The van der Waals surface area contributed by atoms with E-state index in [0.29, 0.717) is 0 Å². The molecule has 1 saturated carbocycles. The summed E-state index contributed by atoms with van der Waals surface area (Å²) in [6, 6.07) is 21.7. The van der Waals surface area contributed by atoms with Crippen molar-refractivity contribution in [2.75, 3.05) is 0 Å². The van der Waals surface area contributed by atoms with Gasteiger partial charge < -0.3 is 0 Å². The maximum atomic E-state index is 2.24. The Morgan fingerprint density at radius 3 is 1.11 bits per heavy atom. The standard InChI is InChI=1S/C18H18/c1-3-7-15(8-4-1)17-11-13-18(14-12-17)16-9-5-2-6-10-16/h1-10H,11-14H2. The molecule has 2 aromatic carbocycles. The minimum Gasteiger partial charge on any atom is -0.0622 e. The van der Waals surface area contributed by atoms with Crippen LogP contribution < -0.4 is 0 Å². The zero-order chi connectivity index (χ0) is 12.2. The molecule has 0 heteroatoms. The van der Waals surface area contributed by atoms with Gasteiger partial charge in [-0.05, 0) is 36.8 Å². The Bertz CT molecular complexity index is 416. The average Bonchev–Trinajstić information content (AvgIpc) is 2.49. The summed E-state index contributed by atoms with van der Waals surface area (Å²) in [6.45, 7) is 0. The van der Waals surface area contributed by atoms with Gasteiger partial charge in [0, 0.05) is 11.8 Å². The molecule has 1 aliphatic rings. The number of hydrogen-bond donors (Lipinski definition) is 0. The third kappa shape index (κ3) is 2.48. The maximum absolute atomic E-state index is 2.24. The first kappa shape index (κ1) is 11.5. The van der Waals surface area contributed by atoms with E-state index in [2.05, 4.69) is 60.7 Å². The van der Waals surface area contributed by atoms with E-state index in [-0.39, 0.29) is 0 Å². The fraction of sp³-hybridized carbons (Fsp3) is 0.222. The summed E-state index contributed by atoms with van der Waals surface area (Å²) in [5, 5.41) is 0. The predicted octanol–water partition coefficient (Wildman–Crippen LogP) is 4.81. The molecular weight excluding hydrogens is 216 g/mol. The molecule has 0 N–H and O–H groups in total. The van der Waals surface area contributed by atoms with Gasteiger partial charge in [-0.15, -0.1) is 0 Å². The van der Waals surface area contributed by atoms with Crippen LogP contribution in [-0.2, 0) is 0 Å². The molecule has 0 atom stereocenters. The molecule has 0 spiro atoms. The first-order valence-electron chi connectivity index (χ1n) is 6.74. The topological polar surface area (TPSA) is 0 Å². The second kappa shape index (κ2) is 5.39. The molecule has 0 bridgehead atoms. The summed E-state index contributed by atoms with van der Waals surface area (Å²) in [5.41, 5.74) is 2.87. The molecule has 2 radical (unpaired) electrons. The summed E-state index contributed by atoms with van der Waals surface area (Å²) >= 11 is 0. The van der Waals surface area contributed by atoms with Crippen molar-refractivity contribution in [1.29, 1.82) is 0 Å². The second-order valence-corrected chi connectivity index (χ2v) is 4.94. The average molecular weight is 234 g/mol. The normalized spacial score (nSPS) is 17.8. The van der Waals surface area contributed by atoms with Gasteiger partial charge in [0.1, 0.15) is 0 Å². The van der Waals surface area contributed by atoms with Crippen molar-refractivity contribution in [3.05, 3.63) is 83.6 Å². The third-order valence-electron chi connectivity index (χ3n) is 3.82. The highest BCUT2D eigenvalue weighted by atomic mass is 14.3. The summed E-state index contributed by atoms with van der Waals surface area (Å²) in [6.07, 6.45) is 4.87. The van der Waals surface area contributed by atoms with E-state index in [9.17, 15) is 0 Å². The van der Waals surface area contributed by atoms with Crippen LogP contribution in [0.3, 0.4) is 0 Å². The van der Waals surface area contributed by atoms with Crippen LogP contribution in [0.1, 0.15) is 36.8 Å². The molecule has 0 aliphatic heterocycles. The molecule has 0 amide bonds. The number of hydrogen-bond acceptors (Lipinski definition) is 0. The van der Waals surface area contributed by atoms with E-state index in [0.717, 1.165) is 0 Å². The van der Waals surface area contributed by atoms with Crippen LogP contribution in [0.5, 0.6) is 0 Å². The molecule has 0 nitrogen and oxygen atoms in total. The summed E-state index contributed by atoms with van der Waals surface area (Å²) in [5.74, 6) is 3.24. The van der Waals surface area contributed by atoms with Crippen LogP contribution in [0.15, 0.2) is 60.7 Å². The lowest BCUT2D eigenvalue weighted by atomic mass is 9.76. The monoisotopic (exact) mass is 234 g/mol. The molecule has 90 valence electrons. The molecule has 1 fully saturated rings. The number of benzene rings is 2. The quantitative estimate of drug-likeness (QED) is 0.699. The van der Waals surface area contributed by atoms with E-state index in [1.54, 1.807) is 11.8 Å². The van der Waals surface area contributed by atoms with Gasteiger partial charge in [-0.25, -0.2) is 0 Å². The van der Waals surface area contributed by atoms with Gasteiger partial charge in [-0.2, -0.15) is 0 Å². The van der Waals surface area contributed by atoms with Gasteiger partial charge in [0.05, 0.1) is 0 Å². The lowest BCUT2D eigenvalue weighted by Crippen LogP contribution is -2.13. The van der Waals surface area contributed by atoms with Crippen molar-refractivity contribution in [3.63, 3.8) is 0 Å². The van der Waals surface area contributed by atoms with Crippen molar-refractivity contribution in [2.45, 2.75) is 25.7 Å².